The Morgan fingerprint density at radius 1 is 1.25 bits per heavy atom. The van der Waals surface area contributed by atoms with Gasteiger partial charge in [0.15, 0.2) is 15.7 Å². The van der Waals surface area contributed by atoms with E-state index in [1.165, 1.54) is 0 Å². The highest BCUT2D eigenvalue weighted by atomic mass is 32.2. The molecule has 28 heavy (non-hydrogen) atoms. The summed E-state index contributed by atoms with van der Waals surface area (Å²) in [5, 5.41) is 23.0. The molecule has 2 aliphatic rings. The van der Waals surface area contributed by atoms with Crippen molar-refractivity contribution >= 4 is 21.5 Å². The Bertz CT molecular complexity index is 1090. The highest BCUT2D eigenvalue weighted by Crippen LogP contribution is 2.29. The van der Waals surface area contributed by atoms with E-state index >= 15 is 0 Å². The van der Waals surface area contributed by atoms with Gasteiger partial charge in [-0.15, -0.1) is 10.2 Å². The number of fused-ring (bicyclic) bond motifs is 1. The van der Waals surface area contributed by atoms with Gasteiger partial charge in [-0.1, -0.05) is 6.42 Å². The third-order valence-electron chi connectivity index (χ3n) is 5.69. The predicted octanol–water partition coefficient (Wildman–Crippen LogP) is 2.24. The maximum Gasteiger partial charge on any atom is 0.174 e. The Balaban J connectivity index is 1.72. The molecule has 0 radical (unpaired) electrons. The molecule has 2 aromatic heterocycles. The number of allylic oxidation sites excluding steroid dienone is 1. The van der Waals surface area contributed by atoms with Crippen molar-refractivity contribution in [1.29, 1.82) is 5.26 Å². The lowest BCUT2D eigenvalue weighted by molar-refractivity contribution is 0.486. The minimum absolute atomic E-state index is 0.126. The number of sulfone groups is 1. The molecule has 9 heteroatoms. The van der Waals surface area contributed by atoms with Gasteiger partial charge in [0, 0.05) is 24.2 Å². The fourth-order valence-electron chi connectivity index (χ4n) is 4.18. The van der Waals surface area contributed by atoms with Crippen LogP contribution in [0.25, 0.3) is 11.6 Å². The fraction of sp³-hybridized carbons (Fsp3) is 0.579. The van der Waals surface area contributed by atoms with Gasteiger partial charge in [0.05, 0.1) is 28.8 Å². The average Bonchev–Trinajstić information content (AvgIpc) is 3.24. The van der Waals surface area contributed by atoms with Crippen molar-refractivity contribution in [3.63, 3.8) is 0 Å². The number of rotatable bonds is 3. The minimum Gasteiger partial charge on any atom is -0.310 e. The molecule has 8 nitrogen and oxygen atoms in total. The van der Waals surface area contributed by atoms with Crippen LogP contribution >= 0.6 is 0 Å². The van der Waals surface area contributed by atoms with Crippen molar-refractivity contribution in [2.24, 2.45) is 0 Å². The average molecular weight is 401 g/mol. The van der Waals surface area contributed by atoms with E-state index in [4.69, 9.17) is 0 Å². The molecule has 1 saturated heterocycles. The first-order valence-corrected chi connectivity index (χ1v) is 11.5. The zero-order valence-corrected chi connectivity index (χ0v) is 17.0. The molecule has 4 rings (SSSR count). The van der Waals surface area contributed by atoms with Gasteiger partial charge in [-0.2, -0.15) is 10.4 Å². The van der Waals surface area contributed by atoms with E-state index in [0.29, 0.717) is 17.8 Å². The van der Waals surface area contributed by atoms with Gasteiger partial charge in [-0.05, 0) is 39.2 Å². The lowest BCUT2D eigenvalue weighted by atomic mass is 10.1. The van der Waals surface area contributed by atoms with E-state index < -0.39 is 9.84 Å². The van der Waals surface area contributed by atoms with Crippen LogP contribution in [0.2, 0.25) is 0 Å². The summed E-state index contributed by atoms with van der Waals surface area (Å²) in [6.07, 6.45) is 6.60. The molecular weight excluding hydrogens is 376 g/mol. The standard InChI is InChI=1S/C19H24N6O2S/c1-13-17(14(2)25(23-13)16-7-9-28(26,27)12-16)10-15(11-20)19-22-21-18-6-4-3-5-8-24(18)19/h10,16H,3-9,12H2,1-2H3/b15-10+/t16-/m1/s1. The van der Waals surface area contributed by atoms with Crippen LogP contribution in [0, 0.1) is 25.2 Å². The van der Waals surface area contributed by atoms with Crippen LogP contribution < -0.4 is 0 Å². The third kappa shape index (κ3) is 3.37. The summed E-state index contributed by atoms with van der Waals surface area (Å²) in [7, 11) is -2.99. The molecule has 0 aliphatic carbocycles. The van der Waals surface area contributed by atoms with Crippen LogP contribution in [0.5, 0.6) is 0 Å². The van der Waals surface area contributed by atoms with Gasteiger partial charge in [0.2, 0.25) is 0 Å². The summed E-state index contributed by atoms with van der Waals surface area (Å²) in [4.78, 5) is 0. The second-order valence-corrected chi connectivity index (χ2v) is 9.89. The lowest BCUT2D eigenvalue weighted by Gasteiger charge is -2.11. The molecule has 2 aromatic rings. The van der Waals surface area contributed by atoms with Crippen LogP contribution in [0.15, 0.2) is 0 Å². The van der Waals surface area contributed by atoms with Gasteiger partial charge in [-0.3, -0.25) is 4.68 Å². The number of aryl methyl sites for hydroxylation is 2. The molecule has 0 aromatic carbocycles. The van der Waals surface area contributed by atoms with E-state index in [1.807, 2.05) is 24.6 Å². The summed E-state index contributed by atoms with van der Waals surface area (Å²) < 4.78 is 27.6. The summed E-state index contributed by atoms with van der Waals surface area (Å²) in [6, 6.07) is 2.14. The highest BCUT2D eigenvalue weighted by Gasteiger charge is 2.31. The van der Waals surface area contributed by atoms with Crippen LogP contribution in [-0.2, 0) is 22.8 Å². The number of hydrogen-bond acceptors (Lipinski definition) is 6. The largest absolute Gasteiger partial charge is 0.310 e. The van der Waals surface area contributed by atoms with E-state index in [9.17, 15) is 13.7 Å². The molecule has 1 atom stereocenters. The van der Waals surface area contributed by atoms with E-state index in [0.717, 1.165) is 55.0 Å². The number of nitriles is 1. The topological polar surface area (TPSA) is 106 Å². The van der Waals surface area contributed by atoms with Crippen molar-refractivity contribution in [2.45, 2.75) is 58.5 Å². The molecule has 0 spiro atoms. The SMILES string of the molecule is Cc1nn([C@@H]2CCS(=O)(=O)C2)c(C)c1/C=C(\C#N)c1nnc2n1CCCCC2. The Hall–Kier alpha value is -2.47. The first-order valence-electron chi connectivity index (χ1n) is 9.70. The summed E-state index contributed by atoms with van der Waals surface area (Å²) in [5.41, 5.74) is 2.98. The summed E-state index contributed by atoms with van der Waals surface area (Å²) >= 11 is 0. The fourth-order valence-corrected chi connectivity index (χ4v) is 5.88. The summed E-state index contributed by atoms with van der Waals surface area (Å²) in [5.74, 6) is 1.88. The molecule has 0 N–H and O–H groups in total. The van der Waals surface area contributed by atoms with Crippen LogP contribution in [0.1, 0.15) is 60.3 Å². The molecule has 4 heterocycles. The monoisotopic (exact) mass is 400 g/mol. The predicted molar refractivity (Wildman–Crippen MR) is 105 cm³/mol. The van der Waals surface area contributed by atoms with Crippen molar-refractivity contribution in [3.8, 4) is 6.07 Å². The maximum absolute atomic E-state index is 11.8. The van der Waals surface area contributed by atoms with Crippen molar-refractivity contribution in [2.75, 3.05) is 11.5 Å². The molecule has 0 amide bonds. The second kappa shape index (κ2) is 7.17. The normalized spacial score (nSPS) is 21.9. The van der Waals surface area contributed by atoms with Crippen molar-refractivity contribution in [3.05, 3.63) is 28.6 Å². The third-order valence-corrected chi connectivity index (χ3v) is 7.45. The molecule has 2 aliphatic heterocycles. The maximum atomic E-state index is 11.8. The Labute approximate surface area is 164 Å². The van der Waals surface area contributed by atoms with Gasteiger partial charge < -0.3 is 4.57 Å². The quantitative estimate of drug-likeness (QED) is 0.732. The molecule has 1 fully saturated rings. The lowest BCUT2D eigenvalue weighted by Crippen LogP contribution is -2.14. The van der Waals surface area contributed by atoms with Gasteiger partial charge in [0.25, 0.3) is 0 Å². The number of aromatic nitrogens is 5. The molecule has 148 valence electrons. The zero-order chi connectivity index (χ0) is 19.9. The second-order valence-electron chi connectivity index (χ2n) is 7.66. The Morgan fingerprint density at radius 2 is 2.07 bits per heavy atom. The Morgan fingerprint density at radius 3 is 2.79 bits per heavy atom. The number of nitrogens with zero attached hydrogens (tertiary/aromatic N) is 6. The zero-order valence-electron chi connectivity index (χ0n) is 16.2. The molecule has 0 saturated carbocycles. The van der Waals surface area contributed by atoms with E-state index in [-0.39, 0.29) is 17.5 Å². The number of hydrogen-bond donors (Lipinski definition) is 0. The van der Waals surface area contributed by atoms with Crippen LogP contribution in [-0.4, -0.2) is 44.5 Å². The van der Waals surface area contributed by atoms with Crippen LogP contribution in [0.4, 0.5) is 0 Å². The van der Waals surface area contributed by atoms with Crippen LogP contribution in [0.3, 0.4) is 0 Å². The van der Waals surface area contributed by atoms with Crippen molar-refractivity contribution in [1.82, 2.24) is 24.5 Å². The van der Waals surface area contributed by atoms with Crippen molar-refractivity contribution < 1.29 is 8.42 Å². The van der Waals surface area contributed by atoms with Gasteiger partial charge in [0.1, 0.15) is 11.9 Å². The molecular formula is C19H24N6O2S. The molecule has 0 unspecified atom stereocenters. The van der Waals surface area contributed by atoms with E-state index in [1.54, 1.807) is 0 Å². The van der Waals surface area contributed by atoms with Gasteiger partial charge >= 0.3 is 0 Å². The smallest absolute Gasteiger partial charge is 0.174 e. The minimum atomic E-state index is -2.99. The highest BCUT2D eigenvalue weighted by molar-refractivity contribution is 7.91. The first kappa shape index (κ1) is 18.9. The van der Waals surface area contributed by atoms with Gasteiger partial charge in [-0.25, -0.2) is 8.42 Å². The first-order chi connectivity index (χ1) is 13.4. The summed E-state index contributed by atoms with van der Waals surface area (Å²) in [6.45, 7) is 4.64. The van der Waals surface area contributed by atoms with E-state index in [2.05, 4.69) is 25.9 Å². The Kier molecular flexibility index (Phi) is 4.83. The molecule has 0 bridgehead atoms.